The largest absolute Gasteiger partial charge is 0.379 e. The Morgan fingerprint density at radius 2 is 2.43 bits per heavy atom. The van der Waals surface area contributed by atoms with Gasteiger partial charge in [-0.3, -0.25) is 0 Å². The van der Waals surface area contributed by atoms with Crippen LogP contribution in [0.4, 0.5) is 0 Å². The average molecular weight is 318 g/mol. The number of hydrogen-bond donors (Lipinski definition) is 1. The highest BCUT2D eigenvalue weighted by Crippen LogP contribution is 2.08. The quantitative estimate of drug-likeness (QED) is 0.288. The van der Waals surface area contributed by atoms with Crippen molar-refractivity contribution in [1.29, 1.82) is 0 Å². The molecule has 0 aromatic carbocycles. The van der Waals surface area contributed by atoms with E-state index in [1.807, 2.05) is 7.05 Å². The standard InChI is InChI=1S/C7H15IN2O4/c1-10(14-9-13-8)3-2-4-11-5-7-6-12-7/h7,9H,2-6H2,1H3. The maximum absolute atomic E-state index is 5.35. The van der Waals surface area contributed by atoms with Crippen molar-refractivity contribution in [2.75, 3.05) is 33.4 Å². The summed E-state index contributed by atoms with van der Waals surface area (Å²) < 4.78 is 14.8. The molecule has 1 heterocycles. The van der Waals surface area contributed by atoms with Crippen LogP contribution in [0.15, 0.2) is 0 Å². The van der Waals surface area contributed by atoms with Crippen molar-refractivity contribution in [3.05, 3.63) is 0 Å². The first-order valence-electron chi connectivity index (χ1n) is 4.43. The third kappa shape index (κ3) is 6.87. The van der Waals surface area contributed by atoms with Crippen molar-refractivity contribution in [3.63, 3.8) is 0 Å². The minimum Gasteiger partial charge on any atom is -0.379 e. The van der Waals surface area contributed by atoms with Crippen LogP contribution in [0, 0.1) is 0 Å². The van der Waals surface area contributed by atoms with E-state index in [0.717, 1.165) is 26.2 Å². The lowest BCUT2D eigenvalue weighted by Crippen LogP contribution is -2.28. The van der Waals surface area contributed by atoms with Gasteiger partial charge in [-0.25, -0.2) is 3.17 Å². The lowest BCUT2D eigenvalue weighted by Gasteiger charge is -2.14. The molecule has 84 valence electrons. The summed E-state index contributed by atoms with van der Waals surface area (Å²) in [5.74, 6) is 0. The van der Waals surface area contributed by atoms with Gasteiger partial charge >= 0.3 is 0 Å². The van der Waals surface area contributed by atoms with Crippen molar-refractivity contribution in [2.45, 2.75) is 12.5 Å². The summed E-state index contributed by atoms with van der Waals surface area (Å²) >= 11 is 1.68. The van der Waals surface area contributed by atoms with E-state index < -0.39 is 0 Å². The predicted octanol–water partition coefficient (Wildman–Crippen LogP) is 0.441. The molecule has 1 aliphatic rings. The second kappa shape index (κ2) is 7.74. The van der Waals surface area contributed by atoms with Gasteiger partial charge < -0.3 is 9.47 Å². The van der Waals surface area contributed by atoms with E-state index in [1.54, 1.807) is 28.1 Å². The molecule has 1 rings (SSSR count). The third-order valence-electron chi connectivity index (χ3n) is 1.69. The number of epoxide rings is 1. The lowest BCUT2D eigenvalue weighted by atomic mass is 10.4. The van der Waals surface area contributed by atoms with E-state index in [-0.39, 0.29) is 0 Å². The highest BCUT2D eigenvalue weighted by atomic mass is 127. The van der Waals surface area contributed by atoms with Gasteiger partial charge in [0.25, 0.3) is 0 Å². The smallest absolute Gasteiger partial charge is 0.139 e. The van der Waals surface area contributed by atoms with Gasteiger partial charge in [0.05, 0.1) is 13.2 Å². The molecule has 1 N–H and O–H groups in total. The zero-order chi connectivity index (χ0) is 10.2. The number of hydrogen-bond acceptors (Lipinski definition) is 6. The summed E-state index contributed by atoms with van der Waals surface area (Å²) in [5.41, 5.74) is 2.27. The molecule has 1 unspecified atom stereocenters. The highest BCUT2D eigenvalue weighted by molar-refractivity contribution is 14.1. The van der Waals surface area contributed by atoms with E-state index in [2.05, 4.69) is 8.81 Å². The molecule has 7 heteroatoms. The van der Waals surface area contributed by atoms with Crippen LogP contribution in [-0.4, -0.2) is 44.6 Å². The minimum absolute atomic E-state index is 0.345. The van der Waals surface area contributed by atoms with Gasteiger partial charge in [-0.2, -0.15) is 10.0 Å². The van der Waals surface area contributed by atoms with E-state index >= 15 is 0 Å². The number of nitrogens with one attached hydrogen (secondary N) is 1. The van der Waals surface area contributed by atoms with Crippen LogP contribution in [0.5, 0.6) is 0 Å². The van der Waals surface area contributed by atoms with E-state index in [0.29, 0.717) is 12.7 Å². The summed E-state index contributed by atoms with van der Waals surface area (Å²) in [6, 6.07) is 0. The number of rotatable bonds is 9. The van der Waals surface area contributed by atoms with Gasteiger partial charge in [0.15, 0.2) is 0 Å². The molecule has 1 fully saturated rings. The summed E-state index contributed by atoms with van der Waals surface area (Å²) in [4.78, 5) is 4.90. The van der Waals surface area contributed by atoms with Crippen LogP contribution in [-0.2, 0) is 17.6 Å². The van der Waals surface area contributed by atoms with Gasteiger partial charge in [-0.1, -0.05) is 0 Å². The molecule has 1 aliphatic heterocycles. The summed E-state index contributed by atoms with van der Waals surface area (Å²) in [6.45, 7) is 3.05. The minimum atomic E-state index is 0.345. The zero-order valence-corrected chi connectivity index (χ0v) is 10.2. The van der Waals surface area contributed by atoms with Gasteiger partial charge in [0.2, 0.25) is 0 Å². The molecule has 0 saturated carbocycles. The Morgan fingerprint density at radius 1 is 1.64 bits per heavy atom. The summed E-state index contributed by atoms with van der Waals surface area (Å²) in [5, 5.41) is 1.63. The van der Waals surface area contributed by atoms with E-state index in [4.69, 9.17) is 14.4 Å². The second-order valence-electron chi connectivity index (χ2n) is 2.99. The van der Waals surface area contributed by atoms with Gasteiger partial charge in [0, 0.05) is 20.2 Å². The summed E-state index contributed by atoms with van der Waals surface area (Å²) in [7, 11) is 1.81. The summed E-state index contributed by atoms with van der Waals surface area (Å²) in [6.07, 6.45) is 1.25. The molecule has 0 bridgehead atoms. The van der Waals surface area contributed by atoms with Crippen LogP contribution in [0.3, 0.4) is 0 Å². The fourth-order valence-electron chi connectivity index (χ4n) is 0.892. The second-order valence-corrected chi connectivity index (χ2v) is 3.43. The molecule has 6 nitrogen and oxygen atoms in total. The SMILES string of the molecule is CN(CCCOCC1CO1)ONOI. The first-order chi connectivity index (χ1) is 6.83. The molecule has 0 aromatic rings. The molecular formula is C7H15IN2O4. The molecule has 0 aliphatic carbocycles. The van der Waals surface area contributed by atoms with Crippen molar-refractivity contribution in [1.82, 2.24) is 10.7 Å². The van der Waals surface area contributed by atoms with Gasteiger partial charge in [-0.05, 0) is 12.1 Å². The number of nitrogens with zero attached hydrogens (tertiary/aromatic N) is 1. The Labute approximate surface area is 97.4 Å². The first kappa shape index (κ1) is 12.6. The predicted molar refractivity (Wildman–Crippen MR) is 57.1 cm³/mol. The highest BCUT2D eigenvalue weighted by Gasteiger charge is 2.21. The molecule has 0 radical (unpaired) electrons. The third-order valence-corrected chi connectivity index (χ3v) is 1.87. The lowest BCUT2D eigenvalue weighted by molar-refractivity contribution is -0.254. The van der Waals surface area contributed by atoms with Crippen molar-refractivity contribution >= 4 is 23.0 Å². The van der Waals surface area contributed by atoms with Crippen LogP contribution in [0.25, 0.3) is 0 Å². The fraction of sp³-hybridized carbons (Fsp3) is 1.00. The van der Waals surface area contributed by atoms with Crippen molar-refractivity contribution in [3.8, 4) is 0 Å². The maximum atomic E-state index is 5.35. The Bertz CT molecular complexity index is 148. The topological polar surface area (TPSA) is 55.5 Å². The Balaban J connectivity index is 1.77. The molecule has 1 atom stereocenters. The average Bonchev–Trinajstić information content (AvgIpc) is 2.98. The molecule has 0 aromatic heterocycles. The zero-order valence-electron chi connectivity index (χ0n) is 8.07. The van der Waals surface area contributed by atoms with Crippen LogP contribution in [0.2, 0.25) is 0 Å². The molecule has 0 amide bonds. The monoisotopic (exact) mass is 318 g/mol. The normalized spacial score (nSPS) is 20.4. The van der Waals surface area contributed by atoms with Crippen LogP contribution in [0.1, 0.15) is 6.42 Å². The fourth-order valence-corrected chi connectivity index (χ4v) is 0.972. The van der Waals surface area contributed by atoms with Crippen molar-refractivity contribution < 1.29 is 17.6 Å². The van der Waals surface area contributed by atoms with Crippen molar-refractivity contribution in [2.24, 2.45) is 0 Å². The van der Waals surface area contributed by atoms with Gasteiger partial charge in [0.1, 0.15) is 29.1 Å². The Morgan fingerprint density at radius 3 is 3.07 bits per heavy atom. The Kier molecular flexibility index (Phi) is 6.94. The molecule has 14 heavy (non-hydrogen) atoms. The number of ether oxygens (including phenoxy) is 2. The Hall–Kier alpha value is 0.490. The molecule has 0 spiro atoms. The van der Waals surface area contributed by atoms with Crippen LogP contribution >= 0.6 is 23.0 Å². The number of hydroxylamine groups is 2. The van der Waals surface area contributed by atoms with E-state index in [9.17, 15) is 0 Å². The van der Waals surface area contributed by atoms with Gasteiger partial charge in [-0.15, -0.1) is 0 Å². The van der Waals surface area contributed by atoms with Crippen LogP contribution < -0.4 is 5.64 Å². The first-order valence-corrected chi connectivity index (χ1v) is 5.31. The maximum Gasteiger partial charge on any atom is 0.139 e. The molecule has 1 saturated heterocycles. The van der Waals surface area contributed by atoms with E-state index in [1.165, 1.54) is 0 Å². The number of halogens is 1. The molecular weight excluding hydrogens is 303 g/mol.